The Hall–Kier alpha value is -0.276. The molecule has 0 heterocycles. The first-order chi connectivity index (χ1) is 6.53. The van der Waals surface area contributed by atoms with Crippen molar-refractivity contribution in [3.8, 4) is 6.07 Å². The maximum atomic E-state index is 11.4. The maximum absolute atomic E-state index is 11.4. The van der Waals surface area contributed by atoms with Crippen LogP contribution >= 0.6 is 0 Å². The molecule has 16 heavy (non-hydrogen) atoms. The van der Waals surface area contributed by atoms with Crippen molar-refractivity contribution >= 4 is 10.0 Å². The van der Waals surface area contributed by atoms with Crippen molar-refractivity contribution in [2.75, 3.05) is 7.05 Å². The molecule has 0 atom stereocenters. The van der Waals surface area contributed by atoms with Crippen molar-refractivity contribution in [2.24, 2.45) is 0 Å². The van der Waals surface area contributed by atoms with Crippen molar-refractivity contribution < 1.29 is 41.1 Å². The molecule has 0 fully saturated rings. The van der Waals surface area contributed by atoms with E-state index in [4.69, 9.17) is 5.26 Å². The Kier molecular flexibility index (Phi) is 8.06. The average molecular weight is 313 g/mol. The number of aryl methyl sites for hydroxylation is 1. The Labute approximate surface area is 122 Å². The van der Waals surface area contributed by atoms with Crippen molar-refractivity contribution in [2.45, 2.75) is 11.8 Å². The van der Waals surface area contributed by atoms with Gasteiger partial charge in [-0.2, -0.15) is 12.3 Å². The molecule has 4 nitrogen and oxygen atoms in total. The van der Waals surface area contributed by atoms with Gasteiger partial charge in [-0.3, -0.25) is 0 Å². The summed E-state index contributed by atoms with van der Waals surface area (Å²) in [6.45, 7) is 1.69. The Morgan fingerprint density at radius 3 is 2.38 bits per heavy atom. The second kappa shape index (κ2) is 7.13. The molecule has 0 saturated heterocycles. The van der Waals surface area contributed by atoms with Crippen LogP contribution in [0, 0.1) is 25.7 Å². The van der Waals surface area contributed by atoms with E-state index in [1.165, 1.54) is 13.1 Å². The van der Waals surface area contributed by atoms with E-state index in [0.29, 0.717) is 5.56 Å². The third-order valence-electron chi connectivity index (χ3n) is 1.86. The van der Waals surface area contributed by atoms with E-state index in [1.807, 2.05) is 6.07 Å². The molecule has 0 aliphatic carbocycles. The largest absolute Gasteiger partial charge is 0.547 e. The summed E-state index contributed by atoms with van der Waals surface area (Å²) in [4.78, 5) is -0.0255. The summed E-state index contributed by atoms with van der Waals surface area (Å²) in [5.74, 6) is 0. The number of hydrogen-bond acceptors (Lipinski definition) is 3. The predicted molar refractivity (Wildman–Crippen MR) is 58.8 cm³/mol. The molecule has 6 heteroatoms. The molecule has 1 rings (SSSR count). The van der Waals surface area contributed by atoms with Gasteiger partial charge in [0.2, 0.25) is 0 Å². The average Bonchev–Trinajstić information content (AvgIpc) is 2.17. The van der Waals surface area contributed by atoms with Crippen LogP contribution in [0.2, 0.25) is 0 Å². The number of benzene rings is 1. The topological polar surface area (TPSA) is 72.0 Å². The molecule has 0 spiro atoms. The summed E-state index contributed by atoms with van der Waals surface area (Å²) in [6, 6.07) is 6.53. The molecule has 0 N–H and O–H groups in total. The van der Waals surface area contributed by atoms with Gasteiger partial charge in [0.1, 0.15) is 16.1 Å². The zero-order chi connectivity index (χ0) is 10.8. The molecule has 0 saturated carbocycles. The first-order valence-electron chi connectivity index (χ1n) is 3.88. The Bertz CT molecular complexity index is 492. The minimum atomic E-state index is -3.66. The van der Waals surface area contributed by atoms with E-state index in [-0.39, 0.29) is 50.6 Å². The minimum Gasteiger partial charge on any atom is -0.547 e. The number of rotatable bonds is 2. The van der Waals surface area contributed by atoms with Gasteiger partial charge in [0, 0.05) is 32.7 Å². The molecule has 0 amide bonds. The number of nitriles is 1. The molecule has 85 valence electrons. The van der Waals surface area contributed by atoms with E-state index in [0.717, 1.165) is 0 Å². The summed E-state index contributed by atoms with van der Waals surface area (Å²) in [7, 11) is -2.47. The molecule has 0 aliphatic rings. The standard InChI is InChI=1S/C9H9N2O2S.CH3.Y/c1-7-4-3-5-9(8(7)6-10)14(12,13)11-2;;/h3-5H,1-2H3;1H3;/q2*-1;. The summed E-state index contributed by atoms with van der Waals surface area (Å²) in [5, 5.41) is 8.80. The predicted octanol–water partition coefficient (Wildman–Crippen LogP) is 2.01. The van der Waals surface area contributed by atoms with Crippen LogP contribution in [0.15, 0.2) is 23.1 Å². The molecule has 0 aliphatic heterocycles. The van der Waals surface area contributed by atoms with Gasteiger partial charge in [-0.05, 0) is 18.6 Å². The van der Waals surface area contributed by atoms with Crippen LogP contribution in [-0.4, -0.2) is 15.5 Å². The van der Waals surface area contributed by atoms with Crippen molar-refractivity contribution in [3.63, 3.8) is 0 Å². The summed E-state index contributed by atoms with van der Waals surface area (Å²) in [6.07, 6.45) is 0. The monoisotopic (exact) mass is 313 g/mol. The molecule has 1 aromatic carbocycles. The zero-order valence-electron chi connectivity index (χ0n) is 9.43. The maximum Gasteiger partial charge on any atom is 0.102 e. The van der Waals surface area contributed by atoms with E-state index in [1.54, 1.807) is 19.1 Å². The number of sulfonamides is 1. The molecule has 0 unspecified atom stereocenters. The van der Waals surface area contributed by atoms with Crippen LogP contribution in [-0.2, 0) is 42.7 Å². The van der Waals surface area contributed by atoms with E-state index < -0.39 is 10.0 Å². The molecular weight excluding hydrogens is 301 g/mol. The second-order valence-electron chi connectivity index (χ2n) is 2.72. The third kappa shape index (κ3) is 3.63. The summed E-state index contributed by atoms with van der Waals surface area (Å²) >= 11 is 0. The Balaban J connectivity index is 0. The third-order valence-corrected chi connectivity index (χ3v) is 3.24. The van der Waals surface area contributed by atoms with Crippen molar-refractivity contribution in [1.82, 2.24) is 0 Å². The van der Waals surface area contributed by atoms with Crippen molar-refractivity contribution in [3.05, 3.63) is 41.5 Å². The van der Waals surface area contributed by atoms with Crippen LogP contribution in [0.3, 0.4) is 0 Å². The van der Waals surface area contributed by atoms with E-state index in [2.05, 4.69) is 4.72 Å². The molecule has 0 bridgehead atoms. The Morgan fingerprint density at radius 2 is 1.94 bits per heavy atom. The van der Waals surface area contributed by atoms with Crippen LogP contribution in [0.1, 0.15) is 11.1 Å². The number of hydrogen-bond donors (Lipinski definition) is 0. The van der Waals surface area contributed by atoms with Crippen molar-refractivity contribution in [1.29, 1.82) is 5.26 Å². The van der Waals surface area contributed by atoms with Crippen LogP contribution in [0.4, 0.5) is 0 Å². The molecule has 1 radical (unpaired) electrons. The van der Waals surface area contributed by atoms with Crippen LogP contribution in [0.5, 0.6) is 0 Å². The van der Waals surface area contributed by atoms with Gasteiger partial charge in [0.15, 0.2) is 0 Å². The van der Waals surface area contributed by atoms with Gasteiger partial charge in [0.25, 0.3) is 0 Å². The van der Waals surface area contributed by atoms with Gasteiger partial charge < -0.3 is 12.1 Å². The molecular formula is C10H12N2O2SY-2. The first kappa shape index (κ1) is 18.1. The first-order valence-corrected chi connectivity index (χ1v) is 5.32. The molecule has 0 aromatic heterocycles. The van der Waals surface area contributed by atoms with Crippen LogP contribution in [0.25, 0.3) is 4.72 Å². The molecule has 1 aromatic rings. The van der Waals surface area contributed by atoms with Gasteiger partial charge in [-0.25, -0.2) is 8.42 Å². The van der Waals surface area contributed by atoms with Gasteiger partial charge >= 0.3 is 0 Å². The fourth-order valence-electron chi connectivity index (χ4n) is 1.10. The minimum absolute atomic E-state index is 0. The fourth-order valence-corrected chi connectivity index (χ4v) is 2.01. The number of nitrogens with zero attached hydrogens (tertiary/aromatic N) is 2. The second-order valence-corrected chi connectivity index (χ2v) is 4.47. The zero-order valence-corrected chi connectivity index (χ0v) is 13.1. The van der Waals surface area contributed by atoms with Gasteiger partial charge in [-0.15, -0.1) is 0 Å². The quantitative estimate of drug-likeness (QED) is 0.784. The van der Waals surface area contributed by atoms with Crippen LogP contribution < -0.4 is 0 Å². The smallest absolute Gasteiger partial charge is 0.102 e. The summed E-state index contributed by atoms with van der Waals surface area (Å²) in [5.41, 5.74) is 0.801. The normalized spacial score (nSPS) is 9.56. The van der Waals surface area contributed by atoms with Gasteiger partial charge in [0.05, 0.1) is 10.5 Å². The summed E-state index contributed by atoms with van der Waals surface area (Å²) < 4.78 is 26.1. The fraction of sp³-hybridized carbons (Fsp3) is 0.200. The van der Waals surface area contributed by atoms with E-state index in [9.17, 15) is 8.42 Å². The Morgan fingerprint density at radius 1 is 1.38 bits per heavy atom. The van der Waals surface area contributed by atoms with E-state index >= 15 is 0 Å². The van der Waals surface area contributed by atoms with Gasteiger partial charge in [-0.1, -0.05) is 12.1 Å². The SMILES string of the molecule is C[N-]S(=O)(=O)c1cccc(C)c1C#N.[CH3-].[Y].